The molecule has 3 rings (SSSR count). The molecule has 2 fully saturated rings. The highest BCUT2D eigenvalue weighted by molar-refractivity contribution is 7.89. The summed E-state index contributed by atoms with van der Waals surface area (Å²) in [4.78, 5) is 25.7. The van der Waals surface area contributed by atoms with Gasteiger partial charge in [0.1, 0.15) is 0 Å². The van der Waals surface area contributed by atoms with Gasteiger partial charge < -0.3 is 15.4 Å². The first-order valence-electron chi connectivity index (χ1n) is 9.83. The van der Waals surface area contributed by atoms with E-state index in [0.29, 0.717) is 31.9 Å². The average Bonchev–Trinajstić information content (AvgIpc) is 3.25. The highest BCUT2D eigenvalue weighted by Crippen LogP contribution is 2.24. The van der Waals surface area contributed by atoms with Gasteiger partial charge in [0, 0.05) is 25.2 Å². The second kappa shape index (κ2) is 9.51. The van der Waals surface area contributed by atoms with Crippen molar-refractivity contribution in [3.63, 3.8) is 0 Å². The summed E-state index contributed by atoms with van der Waals surface area (Å²) in [5, 5.41) is 0. The molecule has 1 saturated heterocycles. The van der Waals surface area contributed by atoms with Crippen molar-refractivity contribution in [2.75, 3.05) is 32.8 Å². The van der Waals surface area contributed by atoms with E-state index in [0.717, 1.165) is 25.7 Å². The highest BCUT2D eigenvalue weighted by atomic mass is 32.2. The van der Waals surface area contributed by atoms with Crippen LogP contribution < -0.4 is 5.73 Å². The summed E-state index contributed by atoms with van der Waals surface area (Å²) in [7, 11) is -3.55. The molecule has 1 saturated carbocycles. The smallest absolute Gasteiger partial charge is 0.247 e. The zero-order chi connectivity index (χ0) is 20.9. The monoisotopic (exact) mass is 421 g/mol. The zero-order valence-electron chi connectivity index (χ0n) is 16.3. The molecule has 9 heteroatoms. The Morgan fingerprint density at radius 1 is 1.14 bits per heavy atom. The lowest BCUT2D eigenvalue weighted by Gasteiger charge is -2.26. The summed E-state index contributed by atoms with van der Waals surface area (Å²) < 4.78 is 31.9. The molecule has 0 atom stereocenters. The fourth-order valence-electron chi connectivity index (χ4n) is 3.72. The number of carbonyl (C=O) groups excluding carboxylic acids is 2. The first-order chi connectivity index (χ1) is 13.9. The number of primary amides is 1. The van der Waals surface area contributed by atoms with E-state index in [2.05, 4.69) is 0 Å². The quantitative estimate of drug-likeness (QED) is 0.660. The van der Waals surface area contributed by atoms with Crippen LogP contribution in [0.3, 0.4) is 0 Å². The van der Waals surface area contributed by atoms with E-state index in [4.69, 9.17) is 10.5 Å². The molecule has 0 bridgehead atoms. The molecular weight excluding hydrogens is 394 g/mol. The first kappa shape index (κ1) is 21.5. The predicted octanol–water partition coefficient (Wildman–Crippen LogP) is 0.977. The highest BCUT2D eigenvalue weighted by Gasteiger charge is 2.27. The first-order valence-corrected chi connectivity index (χ1v) is 11.3. The number of benzene rings is 1. The van der Waals surface area contributed by atoms with Crippen LogP contribution in [-0.2, 0) is 24.3 Å². The van der Waals surface area contributed by atoms with E-state index in [1.54, 1.807) is 18.2 Å². The molecule has 0 unspecified atom stereocenters. The van der Waals surface area contributed by atoms with Crippen molar-refractivity contribution < 1.29 is 22.7 Å². The normalized spacial score (nSPS) is 18.9. The number of nitrogens with zero attached hydrogens (tertiary/aromatic N) is 2. The molecule has 8 nitrogen and oxygen atoms in total. The van der Waals surface area contributed by atoms with Gasteiger partial charge in [-0.2, -0.15) is 4.31 Å². The van der Waals surface area contributed by atoms with Crippen molar-refractivity contribution in [3.8, 4) is 0 Å². The van der Waals surface area contributed by atoms with E-state index in [-0.39, 0.29) is 23.4 Å². The minimum absolute atomic E-state index is 0.0423. The summed E-state index contributed by atoms with van der Waals surface area (Å²) >= 11 is 0. The van der Waals surface area contributed by atoms with Crippen molar-refractivity contribution in [2.45, 2.75) is 36.6 Å². The number of sulfonamides is 1. The maximum absolute atomic E-state index is 12.7. The van der Waals surface area contributed by atoms with Gasteiger partial charge in [0.2, 0.25) is 21.8 Å². The number of hydrogen-bond donors (Lipinski definition) is 1. The standard InChI is InChI=1S/C20H27N3O5S/c21-19(24)15-23(17-3-1-2-4-17)20(25)10-7-16-5-8-18(9-6-16)29(26,27)22-11-13-28-14-12-22/h5-10,17H,1-4,11-15H2,(H2,21,24)/b10-7+. The molecule has 2 amide bonds. The molecule has 158 valence electrons. The Morgan fingerprint density at radius 2 is 1.76 bits per heavy atom. The van der Waals surface area contributed by atoms with Crippen LogP contribution in [0.1, 0.15) is 31.2 Å². The summed E-state index contributed by atoms with van der Waals surface area (Å²) in [6.07, 6.45) is 6.86. The van der Waals surface area contributed by atoms with Crippen molar-refractivity contribution in [1.29, 1.82) is 0 Å². The fourth-order valence-corrected chi connectivity index (χ4v) is 5.13. The minimum Gasteiger partial charge on any atom is -0.379 e. The Labute approximate surface area is 171 Å². The van der Waals surface area contributed by atoms with Gasteiger partial charge in [0.15, 0.2) is 0 Å². The Morgan fingerprint density at radius 3 is 2.34 bits per heavy atom. The van der Waals surface area contributed by atoms with Crippen LogP contribution in [0, 0.1) is 0 Å². The van der Waals surface area contributed by atoms with E-state index in [1.165, 1.54) is 27.4 Å². The van der Waals surface area contributed by atoms with E-state index in [1.807, 2.05) is 0 Å². The summed E-state index contributed by atoms with van der Waals surface area (Å²) in [6, 6.07) is 6.43. The van der Waals surface area contributed by atoms with Crippen molar-refractivity contribution in [2.24, 2.45) is 5.73 Å². The molecule has 0 radical (unpaired) electrons. The SMILES string of the molecule is NC(=O)CN(C(=O)/C=C/c1ccc(S(=O)(=O)N2CCOCC2)cc1)C1CCCC1. The van der Waals surface area contributed by atoms with Crippen LogP contribution in [0.4, 0.5) is 0 Å². The van der Waals surface area contributed by atoms with E-state index >= 15 is 0 Å². The number of amides is 2. The third-order valence-corrected chi connectivity index (χ3v) is 7.19. The van der Waals surface area contributed by atoms with Gasteiger partial charge in [-0.3, -0.25) is 9.59 Å². The van der Waals surface area contributed by atoms with Crippen LogP contribution >= 0.6 is 0 Å². The molecule has 0 aromatic heterocycles. The number of rotatable bonds is 7. The summed E-state index contributed by atoms with van der Waals surface area (Å²) in [5.41, 5.74) is 6.00. The summed E-state index contributed by atoms with van der Waals surface area (Å²) in [5.74, 6) is -0.794. The van der Waals surface area contributed by atoms with Crippen LogP contribution in [0.25, 0.3) is 6.08 Å². The lowest BCUT2D eigenvalue weighted by molar-refractivity contribution is -0.133. The second-order valence-electron chi connectivity index (χ2n) is 7.29. The lowest BCUT2D eigenvalue weighted by atomic mass is 10.1. The van der Waals surface area contributed by atoms with Crippen molar-refractivity contribution >= 4 is 27.9 Å². The topological polar surface area (TPSA) is 110 Å². The van der Waals surface area contributed by atoms with Crippen LogP contribution in [0.2, 0.25) is 0 Å². The molecule has 1 aromatic rings. The second-order valence-corrected chi connectivity index (χ2v) is 9.23. The molecule has 2 N–H and O–H groups in total. The lowest BCUT2D eigenvalue weighted by Crippen LogP contribution is -2.43. The number of nitrogens with two attached hydrogens (primary N) is 1. The van der Waals surface area contributed by atoms with Crippen LogP contribution in [-0.4, -0.2) is 68.3 Å². The molecular formula is C20H27N3O5S. The van der Waals surface area contributed by atoms with Gasteiger partial charge in [0.05, 0.1) is 24.7 Å². The predicted molar refractivity (Wildman–Crippen MR) is 108 cm³/mol. The molecule has 1 heterocycles. The molecule has 1 aromatic carbocycles. The van der Waals surface area contributed by atoms with Gasteiger partial charge in [-0.15, -0.1) is 0 Å². The third-order valence-electron chi connectivity index (χ3n) is 5.28. The zero-order valence-corrected chi connectivity index (χ0v) is 17.1. The maximum atomic E-state index is 12.7. The van der Waals surface area contributed by atoms with Gasteiger partial charge in [-0.25, -0.2) is 8.42 Å². The molecule has 29 heavy (non-hydrogen) atoms. The Hall–Kier alpha value is -2.23. The van der Waals surface area contributed by atoms with Crippen molar-refractivity contribution in [3.05, 3.63) is 35.9 Å². The van der Waals surface area contributed by atoms with Gasteiger partial charge in [0.25, 0.3) is 0 Å². The number of ether oxygens (including phenoxy) is 1. The Bertz CT molecular complexity index is 855. The minimum atomic E-state index is -3.55. The number of hydrogen-bond acceptors (Lipinski definition) is 5. The fraction of sp³-hybridized carbons (Fsp3) is 0.500. The van der Waals surface area contributed by atoms with Gasteiger partial charge in [-0.1, -0.05) is 25.0 Å². The average molecular weight is 422 g/mol. The van der Waals surface area contributed by atoms with Gasteiger partial charge >= 0.3 is 0 Å². The molecule has 0 spiro atoms. The van der Waals surface area contributed by atoms with Crippen LogP contribution in [0.15, 0.2) is 35.2 Å². The van der Waals surface area contributed by atoms with Crippen molar-refractivity contribution in [1.82, 2.24) is 9.21 Å². The Balaban J connectivity index is 1.68. The van der Waals surface area contributed by atoms with E-state index in [9.17, 15) is 18.0 Å². The van der Waals surface area contributed by atoms with Crippen LogP contribution in [0.5, 0.6) is 0 Å². The number of morpholine rings is 1. The maximum Gasteiger partial charge on any atom is 0.247 e. The largest absolute Gasteiger partial charge is 0.379 e. The molecule has 1 aliphatic heterocycles. The molecule has 2 aliphatic rings. The molecule has 1 aliphatic carbocycles. The third kappa shape index (κ3) is 5.43. The summed E-state index contributed by atoms with van der Waals surface area (Å²) in [6.45, 7) is 1.38. The Kier molecular flexibility index (Phi) is 7.05. The van der Waals surface area contributed by atoms with Gasteiger partial charge in [-0.05, 0) is 36.6 Å². The number of carbonyl (C=O) groups is 2. The van der Waals surface area contributed by atoms with E-state index < -0.39 is 15.9 Å².